The van der Waals surface area contributed by atoms with Crippen LogP contribution < -0.4 is 10.1 Å². The molecule has 2 aliphatic rings. The van der Waals surface area contributed by atoms with Gasteiger partial charge in [0.05, 0.1) is 17.6 Å². The summed E-state index contributed by atoms with van der Waals surface area (Å²) >= 11 is 0. The number of ether oxygens (including phenoxy) is 2. The molecule has 0 radical (unpaired) electrons. The van der Waals surface area contributed by atoms with Crippen LogP contribution in [0.25, 0.3) is 0 Å². The number of carbonyl (C=O) groups is 1. The van der Waals surface area contributed by atoms with Crippen molar-refractivity contribution in [2.75, 3.05) is 13.7 Å². The van der Waals surface area contributed by atoms with Gasteiger partial charge in [-0.2, -0.15) is 0 Å². The molecule has 1 N–H and O–H groups in total. The van der Waals surface area contributed by atoms with E-state index in [-0.39, 0.29) is 11.6 Å². The molecule has 0 spiro atoms. The molecule has 8 nitrogen and oxygen atoms in total. The number of methoxy groups -OCH3 is 1. The number of urea groups is 1. The fraction of sp³-hybridized carbons (Fsp3) is 0.292. The van der Waals surface area contributed by atoms with Crippen LogP contribution in [-0.2, 0) is 4.74 Å². The van der Waals surface area contributed by atoms with Gasteiger partial charge in [0.15, 0.2) is 11.6 Å². The minimum absolute atomic E-state index is 0.0914. The lowest BCUT2D eigenvalue weighted by Crippen LogP contribution is -2.46. The highest BCUT2D eigenvalue weighted by Crippen LogP contribution is 2.38. The van der Waals surface area contributed by atoms with Crippen LogP contribution in [0.3, 0.4) is 0 Å². The van der Waals surface area contributed by atoms with Crippen LogP contribution >= 0.6 is 0 Å². The van der Waals surface area contributed by atoms with Gasteiger partial charge in [-0.25, -0.2) is 13.6 Å². The maximum absolute atomic E-state index is 14.1. The second kappa shape index (κ2) is 10.0. The van der Waals surface area contributed by atoms with Crippen molar-refractivity contribution in [2.24, 2.45) is 0 Å². The van der Waals surface area contributed by atoms with E-state index in [1.807, 2.05) is 0 Å². The van der Waals surface area contributed by atoms with Gasteiger partial charge in [-0.3, -0.25) is 15.0 Å². The van der Waals surface area contributed by atoms with E-state index in [9.17, 15) is 23.7 Å². The van der Waals surface area contributed by atoms with E-state index in [1.165, 1.54) is 35.2 Å². The predicted molar refractivity (Wildman–Crippen MR) is 119 cm³/mol. The summed E-state index contributed by atoms with van der Waals surface area (Å²) < 4.78 is 38.9. The first-order chi connectivity index (χ1) is 16.4. The van der Waals surface area contributed by atoms with Crippen LogP contribution in [0.4, 0.5) is 19.3 Å². The van der Waals surface area contributed by atoms with Gasteiger partial charge in [0.1, 0.15) is 5.75 Å². The summed E-state index contributed by atoms with van der Waals surface area (Å²) in [7, 11) is 1.54. The molecule has 2 aromatic rings. The average Bonchev–Trinajstić information content (AvgIpc) is 2.78. The van der Waals surface area contributed by atoms with Gasteiger partial charge < -0.3 is 14.8 Å². The smallest absolute Gasteiger partial charge is 0.329 e. The molecule has 1 aliphatic heterocycles. The van der Waals surface area contributed by atoms with E-state index in [2.05, 4.69) is 5.32 Å². The molecule has 0 unspecified atom stereocenters. The minimum Gasteiger partial charge on any atom is -0.441 e. The maximum atomic E-state index is 14.1. The molecular weight excluding hydrogens is 448 g/mol. The molecular formula is C24H23F2N3O5. The standard InChI is InChI=1S/C24H23F2N3O5/c1-33-12-11-17-14-22(16-5-10-20(25)21(26)13-16)28(24(30)27-17)23(15-3-2-4-15)34-19-8-6-18(7-9-19)29(31)32/h5-10,13-14,22H,2-4,11-12H2,1H3,(H,27,30)/t22-/m1/s1. The highest BCUT2D eigenvalue weighted by Gasteiger charge is 2.36. The normalized spacial score (nSPS) is 17.6. The van der Waals surface area contributed by atoms with Crippen molar-refractivity contribution in [3.8, 4) is 5.75 Å². The Hall–Kier alpha value is -3.79. The van der Waals surface area contributed by atoms with E-state index < -0.39 is 28.6 Å². The van der Waals surface area contributed by atoms with Crippen LogP contribution in [0.2, 0.25) is 0 Å². The molecule has 10 heteroatoms. The summed E-state index contributed by atoms with van der Waals surface area (Å²) in [6, 6.07) is 7.77. The van der Waals surface area contributed by atoms with Gasteiger partial charge in [-0.15, -0.1) is 0 Å². The number of hydrogen-bond acceptors (Lipinski definition) is 5. The van der Waals surface area contributed by atoms with Crippen molar-refractivity contribution in [1.29, 1.82) is 0 Å². The SMILES string of the molecule is COCCC1=C[C@H](c2ccc(F)c(F)c2)N(C(Oc2ccc([N+](=O)[O-])cc2)=C2CCC2)C(=O)N1. The predicted octanol–water partition coefficient (Wildman–Crippen LogP) is 5.33. The lowest BCUT2D eigenvalue weighted by atomic mass is 9.91. The van der Waals surface area contributed by atoms with Crippen molar-refractivity contribution < 1.29 is 28.0 Å². The summed E-state index contributed by atoms with van der Waals surface area (Å²) in [6.07, 6.45) is 4.51. The topological polar surface area (TPSA) is 93.9 Å². The third kappa shape index (κ3) is 4.91. The zero-order chi connectivity index (χ0) is 24.2. The highest BCUT2D eigenvalue weighted by molar-refractivity contribution is 5.80. The Bertz CT molecular complexity index is 1160. The van der Waals surface area contributed by atoms with Gasteiger partial charge >= 0.3 is 6.03 Å². The van der Waals surface area contributed by atoms with Crippen molar-refractivity contribution in [1.82, 2.24) is 10.2 Å². The average molecular weight is 471 g/mol. The Morgan fingerprint density at radius 1 is 1.18 bits per heavy atom. The van der Waals surface area contributed by atoms with Gasteiger partial charge in [0.25, 0.3) is 5.69 Å². The lowest BCUT2D eigenvalue weighted by Gasteiger charge is -2.38. The Morgan fingerprint density at radius 3 is 2.50 bits per heavy atom. The number of nitro benzene ring substituents is 1. The number of nitro groups is 1. The van der Waals surface area contributed by atoms with Crippen LogP contribution in [0.15, 0.2) is 65.7 Å². The molecule has 1 aliphatic carbocycles. The third-order valence-electron chi connectivity index (χ3n) is 5.72. The summed E-state index contributed by atoms with van der Waals surface area (Å²) in [4.78, 5) is 25.1. The van der Waals surface area contributed by atoms with Crippen molar-refractivity contribution >= 4 is 11.7 Å². The largest absolute Gasteiger partial charge is 0.441 e. The Labute approximate surface area is 194 Å². The Balaban J connectivity index is 1.74. The summed E-state index contributed by atoms with van der Waals surface area (Å²) in [5.41, 5.74) is 1.75. The first-order valence-corrected chi connectivity index (χ1v) is 10.8. The zero-order valence-electron chi connectivity index (χ0n) is 18.4. The van der Waals surface area contributed by atoms with Gasteiger partial charge in [0, 0.05) is 31.4 Å². The summed E-state index contributed by atoms with van der Waals surface area (Å²) in [5.74, 6) is -1.43. The first-order valence-electron chi connectivity index (χ1n) is 10.8. The minimum atomic E-state index is -1.02. The van der Waals surface area contributed by atoms with Crippen LogP contribution in [0.5, 0.6) is 5.75 Å². The molecule has 4 rings (SSSR count). The summed E-state index contributed by atoms with van der Waals surface area (Å²) in [5, 5.41) is 13.8. The Morgan fingerprint density at radius 2 is 1.91 bits per heavy atom. The number of halogens is 2. The fourth-order valence-corrected chi connectivity index (χ4v) is 3.76. The molecule has 1 atom stereocenters. The molecule has 1 saturated carbocycles. The number of non-ortho nitro benzene ring substituents is 1. The van der Waals surface area contributed by atoms with Gasteiger partial charge in [-0.1, -0.05) is 6.07 Å². The quantitative estimate of drug-likeness (QED) is 0.319. The summed E-state index contributed by atoms with van der Waals surface area (Å²) in [6.45, 7) is 0.365. The van der Waals surface area contributed by atoms with Crippen LogP contribution in [0, 0.1) is 21.7 Å². The fourth-order valence-electron chi connectivity index (χ4n) is 3.76. The van der Waals surface area contributed by atoms with E-state index in [4.69, 9.17) is 9.47 Å². The second-order valence-corrected chi connectivity index (χ2v) is 7.97. The van der Waals surface area contributed by atoms with Gasteiger partial charge in [-0.05, 0) is 60.7 Å². The molecule has 1 heterocycles. The molecule has 2 aromatic carbocycles. The lowest BCUT2D eigenvalue weighted by molar-refractivity contribution is -0.384. The van der Waals surface area contributed by atoms with E-state index in [0.717, 1.165) is 24.1 Å². The monoisotopic (exact) mass is 471 g/mol. The highest BCUT2D eigenvalue weighted by atomic mass is 19.2. The first kappa shape index (κ1) is 23.4. The molecule has 178 valence electrons. The van der Waals surface area contributed by atoms with Crippen LogP contribution in [0.1, 0.15) is 37.3 Å². The number of hydrogen-bond donors (Lipinski definition) is 1. The number of carbonyl (C=O) groups excluding carboxylic acids is 1. The molecule has 0 saturated heterocycles. The van der Waals surface area contributed by atoms with Crippen molar-refractivity contribution in [3.05, 3.63) is 93.0 Å². The third-order valence-corrected chi connectivity index (χ3v) is 5.72. The number of nitrogens with one attached hydrogen (secondary N) is 1. The van der Waals surface area contributed by atoms with Crippen molar-refractivity contribution in [3.63, 3.8) is 0 Å². The number of benzene rings is 2. The Kier molecular flexibility index (Phi) is 6.87. The number of rotatable bonds is 8. The van der Waals surface area contributed by atoms with E-state index >= 15 is 0 Å². The molecule has 0 bridgehead atoms. The van der Waals surface area contributed by atoms with E-state index in [0.29, 0.717) is 42.9 Å². The zero-order valence-corrected chi connectivity index (χ0v) is 18.4. The number of allylic oxidation sites excluding steroid dienone is 1. The molecule has 34 heavy (non-hydrogen) atoms. The molecule has 2 amide bonds. The second-order valence-electron chi connectivity index (χ2n) is 7.97. The number of amides is 2. The maximum Gasteiger partial charge on any atom is 0.329 e. The van der Waals surface area contributed by atoms with Crippen molar-refractivity contribution in [2.45, 2.75) is 31.7 Å². The molecule has 1 fully saturated rings. The van der Waals surface area contributed by atoms with Gasteiger partial charge in [0.2, 0.25) is 5.88 Å². The molecule has 0 aromatic heterocycles. The van der Waals surface area contributed by atoms with E-state index in [1.54, 1.807) is 13.2 Å². The van der Waals surface area contributed by atoms with Crippen LogP contribution in [-0.4, -0.2) is 29.6 Å². The number of nitrogens with zero attached hydrogens (tertiary/aromatic N) is 2.